The molecule has 0 saturated heterocycles. The molecule has 0 aromatic heterocycles. The van der Waals surface area contributed by atoms with Gasteiger partial charge < -0.3 is 5.73 Å². The van der Waals surface area contributed by atoms with Gasteiger partial charge in [-0.1, -0.05) is 30.3 Å². The number of rotatable bonds is 5. The van der Waals surface area contributed by atoms with Gasteiger partial charge in [-0.3, -0.25) is 15.3 Å². The number of likely N-dealkylation sites (N-methyl/N-ethyl adjacent to an activating group) is 1. The molecule has 0 amide bonds. The van der Waals surface area contributed by atoms with Gasteiger partial charge in [0.25, 0.3) is 0 Å². The van der Waals surface area contributed by atoms with Crippen molar-refractivity contribution in [2.75, 3.05) is 13.6 Å². The zero-order valence-corrected chi connectivity index (χ0v) is 10.4. The monoisotopic (exact) mass is 235 g/mol. The van der Waals surface area contributed by atoms with Gasteiger partial charge >= 0.3 is 0 Å². The third kappa shape index (κ3) is 4.84. The lowest BCUT2D eigenvalue weighted by Gasteiger charge is -2.23. The smallest absolute Gasteiger partial charge is 0.203 e. The second kappa shape index (κ2) is 6.88. The summed E-state index contributed by atoms with van der Waals surface area (Å²) in [7, 11) is 2.07. The van der Waals surface area contributed by atoms with Crippen molar-refractivity contribution in [1.82, 2.24) is 10.3 Å². The molecule has 5 nitrogen and oxygen atoms in total. The van der Waals surface area contributed by atoms with E-state index in [0.29, 0.717) is 12.6 Å². The zero-order valence-electron chi connectivity index (χ0n) is 10.4. The van der Waals surface area contributed by atoms with Crippen LogP contribution < -0.4 is 17.0 Å². The average molecular weight is 235 g/mol. The maximum Gasteiger partial charge on any atom is 0.203 e. The molecule has 94 valence electrons. The van der Waals surface area contributed by atoms with Crippen LogP contribution >= 0.6 is 0 Å². The fraction of sp³-hybridized carbons (Fsp3) is 0.417. The van der Waals surface area contributed by atoms with Gasteiger partial charge in [-0.05, 0) is 19.5 Å². The van der Waals surface area contributed by atoms with Crippen LogP contribution in [0, 0.1) is 0 Å². The molecule has 1 rings (SSSR count). The fourth-order valence-corrected chi connectivity index (χ4v) is 1.44. The van der Waals surface area contributed by atoms with E-state index in [0.717, 1.165) is 6.54 Å². The Morgan fingerprint density at radius 3 is 2.65 bits per heavy atom. The van der Waals surface area contributed by atoms with Crippen LogP contribution in [0.5, 0.6) is 0 Å². The number of hydrogen-bond acceptors (Lipinski definition) is 3. The SMILES string of the molecule is CC(CN=C(N)NN)N(C)Cc1ccccc1. The van der Waals surface area contributed by atoms with Gasteiger partial charge in [-0.25, -0.2) is 5.84 Å². The summed E-state index contributed by atoms with van der Waals surface area (Å²) in [5.41, 5.74) is 9.08. The number of nitrogens with zero attached hydrogens (tertiary/aromatic N) is 2. The van der Waals surface area contributed by atoms with Crippen molar-refractivity contribution in [3.63, 3.8) is 0 Å². The van der Waals surface area contributed by atoms with Gasteiger partial charge in [0.2, 0.25) is 5.96 Å². The highest BCUT2D eigenvalue weighted by molar-refractivity contribution is 5.77. The van der Waals surface area contributed by atoms with Gasteiger partial charge in [-0.2, -0.15) is 0 Å². The molecule has 1 aromatic carbocycles. The lowest BCUT2D eigenvalue weighted by atomic mass is 10.2. The van der Waals surface area contributed by atoms with Crippen LogP contribution in [-0.2, 0) is 6.54 Å². The Bertz CT molecular complexity index is 349. The molecule has 1 unspecified atom stereocenters. The Kier molecular flexibility index (Phi) is 5.45. The first kappa shape index (κ1) is 13.5. The molecule has 17 heavy (non-hydrogen) atoms. The number of hydrazine groups is 1. The zero-order chi connectivity index (χ0) is 12.7. The molecule has 0 saturated carbocycles. The number of benzene rings is 1. The maximum absolute atomic E-state index is 5.47. The highest BCUT2D eigenvalue weighted by atomic mass is 15.3. The summed E-state index contributed by atoms with van der Waals surface area (Å²) in [6.45, 7) is 3.63. The van der Waals surface area contributed by atoms with Gasteiger partial charge in [0, 0.05) is 12.6 Å². The molecule has 5 N–H and O–H groups in total. The summed E-state index contributed by atoms with van der Waals surface area (Å²) in [5, 5.41) is 0. The molecule has 1 atom stereocenters. The minimum absolute atomic E-state index is 0.268. The van der Waals surface area contributed by atoms with Gasteiger partial charge in [0.15, 0.2) is 0 Å². The van der Waals surface area contributed by atoms with Crippen molar-refractivity contribution in [1.29, 1.82) is 0 Å². The van der Waals surface area contributed by atoms with E-state index in [2.05, 4.69) is 41.4 Å². The van der Waals surface area contributed by atoms with Crippen LogP contribution in [0.3, 0.4) is 0 Å². The number of aliphatic imine (C=N–C) groups is 1. The number of hydrogen-bond donors (Lipinski definition) is 3. The van der Waals surface area contributed by atoms with Crippen molar-refractivity contribution in [3.05, 3.63) is 35.9 Å². The van der Waals surface area contributed by atoms with E-state index in [-0.39, 0.29) is 5.96 Å². The second-order valence-corrected chi connectivity index (χ2v) is 4.12. The third-order valence-corrected chi connectivity index (χ3v) is 2.70. The van der Waals surface area contributed by atoms with E-state index in [4.69, 9.17) is 11.6 Å². The van der Waals surface area contributed by atoms with Gasteiger partial charge in [0.1, 0.15) is 0 Å². The van der Waals surface area contributed by atoms with Crippen LogP contribution in [0.1, 0.15) is 12.5 Å². The number of guanidine groups is 1. The summed E-state index contributed by atoms with van der Waals surface area (Å²) in [6.07, 6.45) is 0. The molecule has 0 heterocycles. The molecule has 0 aliphatic carbocycles. The minimum Gasteiger partial charge on any atom is -0.369 e. The Morgan fingerprint density at radius 2 is 2.06 bits per heavy atom. The van der Waals surface area contributed by atoms with E-state index in [1.54, 1.807) is 0 Å². The van der Waals surface area contributed by atoms with Crippen molar-refractivity contribution in [2.24, 2.45) is 16.6 Å². The standard InChI is InChI=1S/C12H21N5/c1-10(8-15-12(13)16-14)17(2)9-11-6-4-3-5-7-11/h3-7,10H,8-9,14H2,1-2H3,(H3,13,15,16). The summed E-state index contributed by atoms with van der Waals surface area (Å²) in [4.78, 5) is 6.35. The first-order chi connectivity index (χ1) is 8.13. The Hall–Kier alpha value is -1.59. The first-order valence-corrected chi connectivity index (χ1v) is 5.64. The average Bonchev–Trinajstić information content (AvgIpc) is 2.36. The lowest BCUT2D eigenvalue weighted by Crippen LogP contribution is -2.39. The van der Waals surface area contributed by atoms with Crippen LogP contribution in [0.2, 0.25) is 0 Å². The quantitative estimate of drug-likeness (QED) is 0.296. The molecule has 0 bridgehead atoms. The Morgan fingerprint density at radius 1 is 1.41 bits per heavy atom. The lowest BCUT2D eigenvalue weighted by molar-refractivity contribution is 0.255. The minimum atomic E-state index is 0.268. The molecule has 0 radical (unpaired) electrons. The van der Waals surface area contributed by atoms with Gasteiger partial charge in [0.05, 0.1) is 6.54 Å². The predicted molar refractivity (Wildman–Crippen MR) is 71.2 cm³/mol. The molecule has 0 spiro atoms. The van der Waals surface area contributed by atoms with Crippen molar-refractivity contribution < 1.29 is 0 Å². The molecular weight excluding hydrogens is 214 g/mol. The summed E-state index contributed by atoms with van der Waals surface area (Å²) in [6, 6.07) is 10.6. The van der Waals surface area contributed by atoms with Crippen LogP contribution in [0.15, 0.2) is 35.3 Å². The van der Waals surface area contributed by atoms with E-state index in [1.165, 1.54) is 5.56 Å². The van der Waals surface area contributed by atoms with Crippen molar-refractivity contribution >= 4 is 5.96 Å². The highest BCUT2D eigenvalue weighted by Crippen LogP contribution is 2.05. The van der Waals surface area contributed by atoms with Crippen molar-refractivity contribution in [3.8, 4) is 0 Å². The molecule has 1 aromatic rings. The summed E-state index contributed by atoms with van der Waals surface area (Å²) < 4.78 is 0. The predicted octanol–water partition coefficient (Wildman–Crippen LogP) is 0.285. The van der Waals surface area contributed by atoms with Crippen LogP contribution in [0.25, 0.3) is 0 Å². The van der Waals surface area contributed by atoms with E-state index >= 15 is 0 Å². The van der Waals surface area contributed by atoms with E-state index < -0.39 is 0 Å². The number of nitrogens with one attached hydrogen (secondary N) is 1. The summed E-state index contributed by atoms with van der Waals surface area (Å²) in [5.74, 6) is 5.41. The Balaban J connectivity index is 2.45. The van der Waals surface area contributed by atoms with E-state index in [1.807, 2.05) is 18.2 Å². The van der Waals surface area contributed by atoms with Gasteiger partial charge in [-0.15, -0.1) is 0 Å². The normalized spacial score (nSPS) is 13.8. The molecular formula is C12H21N5. The second-order valence-electron chi connectivity index (χ2n) is 4.12. The number of nitrogens with two attached hydrogens (primary N) is 2. The summed E-state index contributed by atoms with van der Waals surface area (Å²) >= 11 is 0. The van der Waals surface area contributed by atoms with Crippen LogP contribution in [0.4, 0.5) is 0 Å². The highest BCUT2D eigenvalue weighted by Gasteiger charge is 2.08. The maximum atomic E-state index is 5.47. The molecule has 0 aliphatic heterocycles. The molecule has 0 aliphatic rings. The Labute approximate surface area is 102 Å². The molecule has 0 fully saturated rings. The fourth-order valence-electron chi connectivity index (χ4n) is 1.44. The molecule has 5 heteroatoms. The van der Waals surface area contributed by atoms with Crippen LogP contribution in [-0.4, -0.2) is 30.5 Å². The topological polar surface area (TPSA) is 79.7 Å². The third-order valence-electron chi connectivity index (χ3n) is 2.70. The first-order valence-electron chi connectivity index (χ1n) is 5.64. The van der Waals surface area contributed by atoms with E-state index in [9.17, 15) is 0 Å². The van der Waals surface area contributed by atoms with Crippen molar-refractivity contribution in [2.45, 2.75) is 19.5 Å². The largest absolute Gasteiger partial charge is 0.369 e.